The summed E-state index contributed by atoms with van der Waals surface area (Å²) < 4.78 is 5.41. The fourth-order valence-corrected chi connectivity index (χ4v) is 4.23. The SMILES string of the molecule is COc1ccccc1N1CC(O)=C(c2nc(-c3ccccc3)c(C)s2)C1=N. The van der Waals surface area contributed by atoms with Crippen LogP contribution >= 0.6 is 11.3 Å². The lowest BCUT2D eigenvalue weighted by Gasteiger charge is -2.21. The number of nitrogens with zero attached hydrogens (tertiary/aromatic N) is 2. The molecule has 3 aromatic rings. The van der Waals surface area contributed by atoms with E-state index in [2.05, 4.69) is 0 Å². The third-order valence-corrected chi connectivity index (χ3v) is 5.53. The first-order valence-electron chi connectivity index (χ1n) is 8.55. The number of benzene rings is 2. The Morgan fingerprint density at radius 3 is 2.56 bits per heavy atom. The number of aliphatic hydroxyl groups is 1. The van der Waals surface area contributed by atoms with Gasteiger partial charge in [0.25, 0.3) is 0 Å². The number of hydrogen-bond donors (Lipinski definition) is 2. The van der Waals surface area contributed by atoms with Gasteiger partial charge in [-0.3, -0.25) is 5.41 Å². The fraction of sp³-hybridized carbons (Fsp3) is 0.143. The summed E-state index contributed by atoms with van der Waals surface area (Å²) in [5.41, 5.74) is 3.16. The maximum atomic E-state index is 10.6. The highest BCUT2D eigenvalue weighted by molar-refractivity contribution is 7.13. The molecule has 136 valence electrons. The van der Waals surface area contributed by atoms with Crippen LogP contribution in [0.1, 0.15) is 9.88 Å². The van der Waals surface area contributed by atoms with Crippen molar-refractivity contribution in [2.45, 2.75) is 6.92 Å². The molecule has 4 rings (SSSR count). The normalized spacial score (nSPS) is 14.1. The summed E-state index contributed by atoms with van der Waals surface area (Å²) in [6.45, 7) is 2.24. The Balaban J connectivity index is 1.71. The lowest BCUT2D eigenvalue weighted by Crippen LogP contribution is -2.26. The first kappa shape index (κ1) is 17.3. The molecule has 2 aromatic carbocycles. The number of nitrogens with one attached hydrogen (secondary N) is 1. The van der Waals surface area contributed by atoms with E-state index < -0.39 is 0 Å². The number of anilines is 1. The number of aliphatic hydroxyl groups excluding tert-OH is 1. The molecule has 27 heavy (non-hydrogen) atoms. The van der Waals surface area contributed by atoms with E-state index in [4.69, 9.17) is 15.1 Å². The van der Waals surface area contributed by atoms with Crippen LogP contribution in [0.5, 0.6) is 5.75 Å². The molecule has 0 saturated heterocycles. The van der Waals surface area contributed by atoms with E-state index in [0.717, 1.165) is 21.8 Å². The summed E-state index contributed by atoms with van der Waals surface area (Å²) in [6, 6.07) is 17.5. The number of hydrogen-bond acceptors (Lipinski definition) is 5. The zero-order chi connectivity index (χ0) is 19.0. The van der Waals surface area contributed by atoms with Gasteiger partial charge in [-0.05, 0) is 19.1 Å². The number of amidine groups is 1. The van der Waals surface area contributed by atoms with Crippen molar-refractivity contribution < 1.29 is 9.84 Å². The van der Waals surface area contributed by atoms with Crippen molar-refractivity contribution in [2.75, 3.05) is 18.6 Å². The molecule has 5 nitrogen and oxygen atoms in total. The lowest BCUT2D eigenvalue weighted by molar-refractivity contribution is 0.407. The number of para-hydroxylation sites is 2. The molecule has 2 heterocycles. The minimum atomic E-state index is 0.152. The zero-order valence-corrected chi connectivity index (χ0v) is 15.9. The van der Waals surface area contributed by atoms with Crippen molar-refractivity contribution in [2.24, 2.45) is 0 Å². The van der Waals surface area contributed by atoms with Gasteiger partial charge in [0.05, 0.1) is 30.6 Å². The Morgan fingerprint density at radius 1 is 1.11 bits per heavy atom. The zero-order valence-electron chi connectivity index (χ0n) is 15.1. The number of ether oxygens (including phenoxy) is 1. The molecule has 0 atom stereocenters. The number of aromatic nitrogens is 1. The Morgan fingerprint density at radius 2 is 1.81 bits per heavy atom. The van der Waals surface area contributed by atoms with E-state index in [0.29, 0.717) is 16.3 Å². The van der Waals surface area contributed by atoms with E-state index in [1.54, 1.807) is 12.0 Å². The molecule has 6 heteroatoms. The van der Waals surface area contributed by atoms with Crippen LogP contribution in [0.4, 0.5) is 5.69 Å². The second-order valence-electron chi connectivity index (χ2n) is 6.22. The molecular formula is C21H19N3O2S. The third kappa shape index (κ3) is 2.98. The van der Waals surface area contributed by atoms with Gasteiger partial charge in [0.15, 0.2) is 0 Å². The van der Waals surface area contributed by atoms with Gasteiger partial charge < -0.3 is 14.7 Å². The third-order valence-electron chi connectivity index (χ3n) is 4.54. The van der Waals surface area contributed by atoms with Crippen LogP contribution < -0.4 is 9.64 Å². The van der Waals surface area contributed by atoms with Crippen LogP contribution in [0.15, 0.2) is 60.4 Å². The van der Waals surface area contributed by atoms with Crippen molar-refractivity contribution in [3.8, 4) is 17.0 Å². The smallest absolute Gasteiger partial charge is 0.142 e. The minimum absolute atomic E-state index is 0.152. The van der Waals surface area contributed by atoms with E-state index in [1.165, 1.54) is 11.3 Å². The summed E-state index contributed by atoms with van der Waals surface area (Å²) in [6.07, 6.45) is 0. The van der Waals surface area contributed by atoms with Gasteiger partial charge in [0.2, 0.25) is 0 Å². The molecule has 0 spiro atoms. The summed E-state index contributed by atoms with van der Waals surface area (Å²) in [7, 11) is 1.60. The van der Waals surface area contributed by atoms with Gasteiger partial charge in [0.1, 0.15) is 22.4 Å². The van der Waals surface area contributed by atoms with Crippen molar-refractivity contribution >= 4 is 28.4 Å². The van der Waals surface area contributed by atoms with Crippen molar-refractivity contribution in [1.82, 2.24) is 4.98 Å². The summed E-state index contributed by atoms with van der Waals surface area (Å²) in [4.78, 5) is 7.53. The lowest BCUT2D eigenvalue weighted by atomic mass is 10.1. The standard InChI is InChI=1S/C21H19N3O2S/c1-13-19(14-8-4-3-5-9-14)23-21(27-13)18-16(25)12-24(20(18)22)15-10-6-7-11-17(15)26-2/h3-11,22,25H,12H2,1-2H3. The highest BCUT2D eigenvalue weighted by atomic mass is 32.1. The molecule has 0 saturated carbocycles. The average Bonchev–Trinajstić information content (AvgIpc) is 3.21. The van der Waals surface area contributed by atoms with Crippen molar-refractivity contribution in [1.29, 1.82) is 5.41 Å². The largest absolute Gasteiger partial charge is 0.510 e. The van der Waals surface area contributed by atoms with E-state index >= 15 is 0 Å². The van der Waals surface area contributed by atoms with Crippen LogP contribution in [0.2, 0.25) is 0 Å². The molecular weight excluding hydrogens is 358 g/mol. The number of thiazole rings is 1. The van der Waals surface area contributed by atoms with E-state index in [-0.39, 0.29) is 18.1 Å². The van der Waals surface area contributed by atoms with Gasteiger partial charge in [-0.25, -0.2) is 4.98 Å². The van der Waals surface area contributed by atoms with Gasteiger partial charge in [0, 0.05) is 10.4 Å². The van der Waals surface area contributed by atoms with Gasteiger partial charge >= 0.3 is 0 Å². The van der Waals surface area contributed by atoms with Gasteiger partial charge in [-0.2, -0.15) is 0 Å². The Bertz CT molecular complexity index is 1040. The topological polar surface area (TPSA) is 69.4 Å². The minimum Gasteiger partial charge on any atom is -0.510 e. The molecule has 1 aliphatic heterocycles. The quantitative estimate of drug-likeness (QED) is 0.679. The van der Waals surface area contributed by atoms with Crippen molar-refractivity contribution in [3.63, 3.8) is 0 Å². The number of aryl methyl sites for hydroxylation is 1. The molecule has 1 aliphatic rings. The van der Waals surface area contributed by atoms with E-state index in [9.17, 15) is 5.11 Å². The second kappa shape index (κ2) is 6.89. The fourth-order valence-electron chi connectivity index (χ4n) is 3.23. The summed E-state index contributed by atoms with van der Waals surface area (Å²) >= 11 is 1.49. The molecule has 0 radical (unpaired) electrons. The monoisotopic (exact) mass is 377 g/mol. The maximum absolute atomic E-state index is 10.6. The Labute approximate surface area is 161 Å². The molecule has 0 amide bonds. The highest BCUT2D eigenvalue weighted by Crippen LogP contribution is 2.38. The predicted octanol–water partition coefficient (Wildman–Crippen LogP) is 4.89. The predicted molar refractivity (Wildman–Crippen MR) is 110 cm³/mol. The molecule has 2 N–H and O–H groups in total. The number of rotatable bonds is 4. The average molecular weight is 377 g/mol. The first-order valence-corrected chi connectivity index (χ1v) is 9.36. The van der Waals surface area contributed by atoms with E-state index in [1.807, 2.05) is 61.5 Å². The first-order chi connectivity index (χ1) is 13.1. The van der Waals surface area contributed by atoms with Crippen LogP contribution in [0.25, 0.3) is 16.8 Å². The highest BCUT2D eigenvalue weighted by Gasteiger charge is 2.33. The number of methoxy groups -OCH3 is 1. The molecule has 0 fully saturated rings. The van der Waals surface area contributed by atoms with Gasteiger partial charge in [-0.15, -0.1) is 11.3 Å². The van der Waals surface area contributed by atoms with Gasteiger partial charge in [-0.1, -0.05) is 42.5 Å². The second-order valence-corrected chi connectivity index (χ2v) is 7.42. The Hall–Kier alpha value is -3.12. The van der Waals surface area contributed by atoms with Crippen LogP contribution in [0, 0.1) is 12.3 Å². The maximum Gasteiger partial charge on any atom is 0.142 e. The molecule has 0 unspecified atom stereocenters. The molecule has 1 aromatic heterocycles. The van der Waals surface area contributed by atoms with Crippen LogP contribution in [-0.2, 0) is 0 Å². The summed E-state index contributed by atoms with van der Waals surface area (Å²) in [5, 5.41) is 19.9. The molecule has 0 aliphatic carbocycles. The Kier molecular flexibility index (Phi) is 4.41. The molecule has 0 bridgehead atoms. The van der Waals surface area contributed by atoms with Crippen molar-refractivity contribution in [3.05, 3.63) is 70.2 Å². The van der Waals surface area contributed by atoms with Crippen LogP contribution in [-0.4, -0.2) is 29.6 Å². The van der Waals surface area contributed by atoms with Crippen LogP contribution in [0.3, 0.4) is 0 Å². The summed E-state index contributed by atoms with van der Waals surface area (Å²) in [5.74, 6) is 1.04.